The molecule has 1 atom stereocenters. The molecule has 0 saturated heterocycles. The molecule has 0 fully saturated rings. The molecule has 0 amide bonds. The number of benzene rings is 1. The van der Waals surface area contributed by atoms with Crippen LogP contribution in [0.25, 0.3) is 0 Å². The molecule has 1 aliphatic heterocycles. The summed E-state index contributed by atoms with van der Waals surface area (Å²) < 4.78 is 41.4. The SMILES string of the molecule is NC1CCOc2cc(CNCC(F)(F)F)ccc21. The zero-order valence-electron chi connectivity index (χ0n) is 9.76. The number of halogens is 3. The van der Waals surface area contributed by atoms with E-state index in [-0.39, 0.29) is 12.6 Å². The van der Waals surface area contributed by atoms with E-state index in [9.17, 15) is 13.2 Å². The highest BCUT2D eigenvalue weighted by Gasteiger charge is 2.26. The van der Waals surface area contributed by atoms with Gasteiger partial charge in [-0.15, -0.1) is 0 Å². The van der Waals surface area contributed by atoms with Crippen molar-refractivity contribution in [2.24, 2.45) is 5.73 Å². The molecule has 3 N–H and O–H groups in total. The predicted octanol–water partition coefficient (Wildman–Crippen LogP) is 2.12. The lowest BCUT2D eigenvalue weighted by atomic mass is 10.00. The lowest BCUT2D eigenvalue weighted by Gasteiger charge is -2.23. The third-order valence-electron chi connectivity index (χ3n) is 2.82. The molecule has 0 saturated carbocycles. The highest BCUT2D eigenvalue weighted by Crippen LogP contribution is 2.31. The van der Waals surface area contributed by atoms with Crippen molar-refractivity contribution in [2.75, 3.05) is 13.2 Å². The quantitative estimate of drug-likeness (QED) is 0.875. The standard InChI is InChI=1S/C12H15F3N2O/c13-12(14,15)7-17-6-8-1-2-9-10(16)3-4-18-11(9)5-8/h1-2,5,10,17H,3-4,6-7,16H2. The second-order valence-electron chi connectivity index (χ2n) is 4.33. The van der Waals surface area contributed by atoms with E-state index in [4.69, 9.17) is 10.5 Å². The predicted molar refractivity (Wildman–Crippen MR) is 61.2 cm³/mol. The first-order valence-corrected chi connectivity index (χ1v) is 5.74. The Morgan fingerprint density at radius 1 is 1.39 bits per heavy atom. The van der Waals surface area contributed by atoms with Crippen LogP contribution in [0, 0.1) is 0 Å². The smallest absolute Gasteiger partial charge is 0.401 e. The normalized spacial score (nSPS) is 19.2. The molecule has 0 bridgehead atoms. The van der Waals surface area contributed by atoms with Crippen LogP contribution < -0.4 is 15.8 Å². The van der Waals surface area contributed by atoms with Crippen LogP contribution in [0.3, 0.4) is 0 Å². The molecule has 2 rings (SSSR count). The Morgan fingerprint density at radius 3 is 2.89 bits per heavy atom. The minimum atomic E-state index is -4.19. The van der Waals surface area contributed by atoms with E-state index >= 15 is 0 Å². The highest BCUT2D eigenvalue weighted by atomic mass is 19.4. The molecule has 1 heterocycles. The van der Waals surface area contributed by atoms with Crippen LogP contribution in [0.4, 0.5) is 13.2 Å². The van der Waals surface area contributed by atoms with Crippen molar-refractivity contribution < 1.29 is 17.9 Å². The van der Waals surface area contributed by atoms with Crippen LogP contribution in [0.1, 0.15) is 23.6 Å². The molecule has 18 heavy (non-hydrogen) atoms. The van der Waals surface area contributed by atoms with Crippen molar-refractivity contribution in [2.45, 2.75) is 25.2 Å². The Balaban J connectivity index is 1.99. The van der Waals surface area contributed by atoms with Gasteiger partial charge in [0.1, 0.15) is 5.75 Å². The van der Waals surface area contributed by atoms with Crippen LogP contribution in [0.2, 0.25) is 0 Å². The number of alkyl halides is 3. The monoisotopic (exact) mass is 260 g/mol. The van der Waals surface area contributed by atoms with Gasteiger partial charge in [-0.25, -0.2) is 0 Å². The molecule has 0 aromatic heterocycles. The van der Waals surface area contributed by atoms with Crippen molar-refractivity contribution in [1.29, 1.82) is 0 Å². The van der Waals surface area contributed by atoms with Crippen molar-refractivity contribution in [1.82, 2.24) is 5.32 Å². The fourth-order valence-corrected chi connectivity index (χ4v) is 1.92. The molecular weight excluding hydrogens is 245 g/mol. The van der Waals surface area contributed by atoms with Crippen molar-refractivity contribution in [3.05, 3.63) is 29.3 Å². The molecule has 3 nitrogen and oxygen atoms in total. The molecule has 0 aliphatic carbocycles. The first-order chi connectivity index (χ1) is 8.46. The molecule has 1 aromatic carbocycles. The molecule has 1 aliphatic rings. The number of nitrogens with one attached hydrogen (secondary N) is 1. The Bertz CT molecular complexity index is 420. The van der Waals surface area contributed by atoms with Gasteiger partial charge in [0.2, 0.25) is 0 Å². The number of ether oxygens (including phenoxy) is 1. The van der Waals surface area contributed by atoms with E-state index in [1.54, 1.807) is 12.1 Å². The van der Waals surface area contributed by atoms with Gasteiger partial charge in [0.05, 0.1) is 13.2 Å². The van der Waals surface area contributed by atoms with Crippen molar-refractivity contribution in [3.63, 3.8) is 0 Å². The molecular formula is C12H15F3N2O. The summed E-state index contributed by atoms with van der Waals surface area (Å²) in [5.74, 6) is 0.681. The molecule has 0 radical (unpaired) electrons. The van der Waals surface area contributed by atoms with E-state index in [1.165, 1.54) is 0 Å². The van der Waals surface area contributed by atoms with E-state index in [0.29, 0.717) is 12.4 Å². The van der Waals surface area contributed by atoms with Crippen molar-refractivity contribution in [3.8, 4) is 5.75 Å². The first-order valence-electron chi connectivity index (χ1n) is 5.74. The van der Waals surface area contributed by atoms with Gasteiger partial charge in [0, 0.05) is 24.6 Å². The summed E-state index contributed by atoms with van der Waals surface area (Å²) in [6.45, 7) is -0.288. The molecule has 100 valence electrons. The lowest BCUT2D eigenvalue weighted by molar-refractivity contribution is -0.125. The number of rotatable bonds is 3. The van der Waals surface area contributed by atoms with Crippen LogP contribution in [0.5, 0.6) is 5.75 Å². The van der Waals surface area contributed by atoms with E-state index in [2.05, 4.69) is 5.32 Å². The minimum absolute atomic E-state index is 0.0501. The number of hydrogen-bond donors (Lipinski definition) is 2. The van der Waals surface area contributed by atoms with Gasteiger partial charge in [-0.2, -0.15) is 13.2 Å². The van der Waals surface area contributed by atoms with Crippen LogP contribution in [0.15, 0.2) is 18.2 Å². The Labute approximate surface area is 103 Å². The fourth-order valence-electron chi connectivity index (χ4n) is 1.92. The topological polar surface area (TPSA) is 47.3 Å². The molecule has 6 heteroatoms. The van der Waals surface area contributed by atoms with Gasteiger partial charge >= 0.3 is 6.18 Å². The first kappa shape index (κ1) is 13.2. The average molecular weight is 260 g/mol. The molecule has 1 unspecified atom stereocenters. The average Bonchev–Trinajstić information content (AvgIpc) is 2.27. The summed E-state index contributed by atoms with van der Waals surface area (Å²) in [5, 5.41) is 2.35. The summed E-state index contributed by atoms with van der Waals surface area (Å²) in [6, 6.07) is 5.30. The second kappa shape index (κ2) is 5.16. The highest BCUT2D eigenvalue weighted by molar-refractivity contribution is 5.40. The largest absolute Gasteiger partial charge is 0.493 e. The maximum Gasteiger partial charge on any atom is 0.401 e. The summed E-state index contributed by atoms with van der Waals surface area (Å²) in [5.41, 5.74) is 7.58. The van der Waals surface area contributed by atoms with Gasteiger partial charge in [-0.05, 0) is 11.6 Å². The van der Waals surface area contributed by atoms with Gasteiger partial charge in [-0.1, -0.05) is 12.1 Å². The zero-order valence-corrected chi connectivity index (χ0v) is 9.76. The number of nitrogens with two attached hydrogens (primary N) is 1. The van der Waals surface area contributed by atoms with Gasteiger partial charge < -0.3 is 15.8 Å². The van der Waals surface area contributed by atoms with Gasteiger partial charge in [0.25, 0.3) is 0 Å². The van der Waals surface area contributed by atoms with E-state index in [1.807, 2.05) is 6.07 Å². The van der Waals surface area contributed by atoms with Crippen LogP contribution in [-0.4, -0.2) is 19.3 Å². The minimum Gasteiger partial charge on any atom is -0.493 e. The second-order valence-corrected chi connectivity index (χ2v) is 4.33. The fraction of sp³-hybridized carbons (Fsp3) is 0.500. The van der Waals surface area contributed by atoms with Crippen LogP contribution in [-0.2, 0) is 6.54 Å². The third-order valence-corrected chi connectivity index (χ3v) is 2.82. The maximum atomic E-state index is 12.0. The summed E-state index contributed by atoms with van der Waals surface area (Å²) in [6.07, 6.45) is -3.42. The van der Waals surface area contributed by atoms with Gasteiger partial charge in [-0.3, -0.25) is 0 Å². The molecule has 1 aromatic rings. The number of fused-ring (bicyclic) bond motifs is 1. The maximum absolute atomic E-state index is 12.0. The van der Waals surface area contributed by atoms with Crippen molar-refractivity contribution >= 4 is 0 Å². The Kier molecular flexibility index (Phi) is 3.77. The molecule has 0 spiro atoms. The lowest BCUT2D eigenvalue weighted by Crippen LogP contribution is -2.28. The number of hydrogen-bond acceptors (Lipinski definition) is 3. The Hall–Kier alpha value is -1.27. The van der Waals surface area contributed by atoms with E-state index < -0.39 is 12.7 Å². The summed E-state index contributed by atoms with van der Waals surface area (Å²) >= 11 is 0. The zero-order chi connectivity index (χ0) is 13.2. The third kappa shape index (κ3) is 3.36. The summed E-state index contributed by atoms with van der Waals surface area (Å²) in [4.78, 5) is 0. The van der Waals surface area contributed by atoms with E-state index in [0.717, 1.165) is 17.5 Å². The summed E-state index contributed by atoms with van der Waals surface area (Å²) in [7, 11) is 0. The Morgan fingerprint density at radius 2 is 2.17 bits per heavy atom. The van der Waals surface area contributed by atoms with Gasteiger partial charge in [0.15, 0.2) is 0 Å². The van der Waals surface area contributed by atoms with Crippen LogP contribution >= 0.6 is 0 Å².